The smallest absolute Gasteiger partial charge is 0.247 e. The summed E-state index contributed by atoms with van der Waals surface area (Å²) in [5.74, 6) is 2.15. The zero-order chi connectivity index (χ0) is 17.9. The van der Waals surface area contributed by atoms with E-state index in [1.807, 2.05) is 23.7 Å². The fourth-order valence-electron chi connectivity index (χ4n) is 2.28. The summed E-state index contributed by atoms with van der Waals surface area (Å²) in [5, 5.41) is 17.7. The highest BCUT2D eigenvalue weighted by Gasteiger charge is 2.14. The summed E-state index contributed by atoms with van der Waals surface area (Å²) in [4.78, 5) is 7.95. The number of hydrogen-bond acceptors (Lipinski definition) is 8. The summed E-state index contributed by atoms with van der Waals surface area (Å²) in [5.41, 5.74) is 1.68. The van der Waals surface area contributed by atoms with Crippen LogP contribution in [0, 0.1) is 0 Å². The number of pyridine rings is 2. The van der Waals surface area contributed by atoms with Gasteiger partial charge >= 0.3 is 0 Å². The van der Waals surface area contributed by atoms with Gasteiger partial charge in [0, 0.05) is 36.8 Å². The van der Waals surface area contributed by atoms with Crippen molar-refractivity contribution in [2.45, 2.75) is 10.9 Å². The van der Waals surface area contributed by atoms with E-state index in [2.05, 4.69) is 30.4 Å². The first-order chi connectivity index (χ1) is 12.7. The molecule has 0 aliphatic heterocycles. The minimum absolute atomic E-state index is 0.374. The van der Waals surface area contributed by atoms with Crippen LogP contribution in [0.2, 0.25) is 5.15 Å². The molecule has 0 atom stereocenters. The average molecular weight is 386 g/mol. The molecule has 0 unspecified atom stereocenters. The largest absolute Gasteiger partial charge is 0.420 e. The van der Waals surface area contributed by atoms with E-state index >= 15 is 0 Å². The first-order valence-corrected chi connectivity index (χ1v) is 8.94. The Morgan fingerprint density at radius 3 is 2.65 bits per heavy atom. The number of thioether (sulfide) groups is 1. The van der Waals surface area contributed by atoms with Gasteiger partial charge in [0.2, 0.25) is 11.8 Å². The van der Waals surface area contributed by atoms with E-state index in [9.17, 15) is 0 Å². The Labute approximate surface area is 157 Å². The van der Waals surface area contributed by atoms with Gasteiger partial charge in [0.25, 0.3) is 0 Å². The zero-order valence-electron chi connectivity index (χ0n) is 13.6. The molecule has 0 bridgehead atoms. The van der Waals surface area contributed by atoms with E-state index in [4.69, 9.17) is 16.0 Å². The van der Waals surface area contributed by atoms with Crippen LogP contribution in [0.15, 0.2) is 52.4 Å². The van der Waals surface area contributed by atoms with Gasteiger partial charge < -0.3 is 8.98 Å². The summed E-state index contributed by atoms with van der Waals surface area (Å²) in [6.45, 7) is 0. The van der Waals surface area contributed by atoms with Crippen LogP contribution in [0.5, 0.6) is 0 Å². The second-order valence-corrected chi connectivity index (χ2v) is 6.59. The molecule has 10 heteroatoms. The lowest BCUT2D eigenvalue weighted by Crippen LogP contribution is -1.95. The molecule has 0 aromatic carbocycles. The number of hydrogen-bond donors (Lipinski definition) is 0. The van der Waals surface area contributed by atoms with Gasteiger partial charge in [-0.1, -0.05) is 23.4 Å². The normalized spacial score (nSPS) is 11.0. The highest BCUT2D eigenvalue weighted by Crippen LogP contribution is 2.26. The first-order valence-electron chi connectivity index (χ1n) is 7.57. The Morgan fingerprint density at radius 2 is 1.85 bits per heavy atom. The summed E-state index contributed by atoms with van der Waals surface area (Å²) < 4.78 is 7.60. The Morgan fingerprint density at radius 1 is 1.04 bits per heavy atom. The molecular formula is C16H12ClN7OS. The maximum Gasteiger partial charge on any atom is 0.247 e. The summed E-state index contributed by atoms with van der Waals surface area (Å²) >= 11 is 7.35. The fourth-order valence-corrected chi connectivity index (χ4v) is 3.21. The standard InChI is InChI=1S/C16H12ClN7OS/c1-24-14(10-2-5-18-6-3-10)21-23-16(24)26-9-13-20-22-15(25-13)11-4-7-19-12(17)8-11/h2-8H,9H2,1H3. The zero-order valence-corrected chi connectivity index (χ0v) is 15.1. The lowest BCUT2D eigenvalue weighted by Gasteiger charge is -2.02. The van der Waals surface area contributed by atoms with Crippen LogP contribution in [-0.2, 0) is 12.8 Å². The second-order valence-electron chi connectivity index (χ2n) is 5.26. The van der Waals surface area contributed by atoms with Crippen LogP contribution < -0.4 is 0 Å². The quantitative estimate of drug-likeness (QED) is 0.381. The van der Waals surface area contributed by atoms with Gasteiger partial charge in [-0.05, 0) is 24.3 Å². The van der Waals surface area contributed by atoms with Crippen LogP contribution >= 0.6 is 23.4 Å². The molecule has 4 heterocycles. The van der Waals surface area contributed by atoms with Crippen LogP contribution in [0.1, 0.15) is 5.89 Å². The van der Waals surface area contributed by atoms with Crippen LogP contribution in [0.3, 0.4) is 0 Å². The molecule has 4 aromatic rings. The van der Waals surface area contributed by atoms with Gasteiger partial charge in [-0.2, -0.15) is 0 Å². The molecule has 0 aliphatic rings. The highest BCUT2D eigenvalue weighted by molar-refractivity contribution is 7.98. The maximum atomic E-state index is 5.89. The number of halogens is 1. The summed E-state index contributed by atoms with van der Waals surface area (Å²) in [6, 6.07) is 7.22. The predicted molar refractivity (Wildman–Crippen MR) is 96.3 cm³/mol. The Balaban J connectivity index is 1.48. The fraction of sp³-hybridized carbons (Fsp3) is 0.125. The molecule has 4 rings (SSSR count). The second kappa shape index (κ2) is 7.22. The Bertz CT molecular complexity index is 1030. The minimum atomic E-state index is 0.374. The molecule has 8 nitrogen and oxygen atoms in total. The molecule has 0 N–H and O–H groups in total. The minimum Gasteiger partial charge on any atom is -0.420 e. The van der Waals surface area contributed by atoms with Crippen molar-refractivity contribution in [2.75, 3.05) is 0 Å². The highest BCUT2D eigenvalue weighted by atomic mass is 35.5. The predicted octanol–water partition coefficient (Wildman–Crippen LogP) is 3.27. The van der Waals surface area contributed by atoms with Gasteiger partial charge in [-0.15, -0.1) is 20.4 Å². The first kappa shape index (κ1) is 16.7. The lowest BCUT2D eigenvalue weighted by atomic mass is 10.2. The molecule has 0 saturated heterocycles. The van der Waals surface area contributed by atoms with Gasteiger partial charge in [-0.3, -0.25) is 4.98 Å². The van der Waals surface area contributed by atoms with Crippen molar-refractivity contribution >= 4 is 23.4 Å². The summed E-state index contributed by atoms with van der Waals surface area (Å²) in [6.07, 6.45) is 5.04. The average Bonchev–Trinajstić information content (AvgIpc) is 3.28. The van der Waals surface area contributed by atoms with Crippen molar-refractivity contribution in [3.63, 3.8) is 0 Å². The van der Waals surface area contributed by atoms with E-state index in [0.717, 1.165) is 22.1 Å². The number of rotatable bonds is 5. The molecule has 26 heavy (non-hydrogen) atoms. The summed E-state index contributed by atoms with van der Waals surface area (Å²) in [7, 11) is 1.91. The van der Waals surface area contributed by atoms with E-state index in [1.54, 1.807) is 30.7 Å². The SMILES string of the molecule is Cn1c(SCc2nnc(-c3ccnc(Cl)c3)o2)nnc1-c1ccncc1. The molecule has 130 valence electrons. The molecular weight excluding hydrogens is 374 g/mol. The van der Waals surface area contributed by atoms with Crippen molar-refractivity contribution in [3.8, 4) is 22.8 Å². The van der Waals surface area contributed by atoms with Gasteiger partial charge in [0.15, 0.2) is 11.0 Å². The monoisotopic (exact) mass is 385 g/mol. The third-order valence-corrected chi connectivity index (χ3v) is 4.75. The van der Waals surface area contributed by atoms with Crippen LogP contribution in [0.4, 0.5) is 0 Å². The van der Waals surface area contributed by atoms with E-state index in [0.29, 0.717) is 22.7 Å². The molecule has 0 radical (unpaired) electrons. The van der Waals surface area contributed by atoms with Crippen LogP contribution in [-0.4, -0.2) is 34.9 Å². The topological polar surface area (TPSA) is 95.4 Å². The molecule has 0 saturated carbocycles. The number of aromatic nitrogens is 7. The Hall–Kier alpha value is -2.78. The van der Waals surface area contributed by atoms with Gasteiger partial charge in [-0.25, -0.2) is 4.98 Å². The lowest BCUT2D eigenvalue weighted by molar-refractivity contribution is 0.528. The molecule has 0 aliphatic carbocycles. The number of nitrogens with zero attached hydrogens (tertiary/aromatic N) is 7. The van der Waals surface area contributed by atoms with E-state index in [1.165, 1.54) is 11.8 Å². The molecule has 0 amide bonds. The third-order valence-electron chi connectivity index (χ3n) is 3.54. The van der Waals surface area contributed by atoms with Crippen molar-refractivity contribution in [2.24, 2.45) is 7.05 Å². The van der Waals surface area contributed by atoms with Crippen molar-refractivity contribution in [1.29, 1.82) is 0 Å². The van der Waals surface area contributed by atoms with Crippen molar-refractivity contribution in [1.82, 2.24) is 34.9 Å². The van der Waals surface area contributed by atoms with E-state index in [-0.39, 0.29) is 0 Å². The third kappa shape index (κ3) is 3.44. The van der Waals surface area contributed by atoms with Crippen molar-refractivity contribution in [3.05, 3.63) is 53.9 Å². The van der Waals surface area contributed by atoms with Gasteiger partial charge in [0.1, 0.15) is 5.15 Å². The molecule has 0 spiro atoms. The van der Waals surface area contributed by atoms with Crippen LogP contribution in [0.25, 0.3) is 22.8 Å². The van der Waals surface area contributed by atoms with Crippen molar-refractivity contribution < 1.29 is 4.42 Å². The van der Waals surface area contributed by atoms with Gasteiger partial charge in [0.05, 0.1) is 5.75 Å². The molecule has 0 fully saturated rings. The van der Waals surface area contributed by atoms with E-state index < -0.39 is 0 Å². The maximum absolute atomic E-state index is 5.89. The Kier molecular flexibility index (Phi) is 4.63. The molecule has 4 aromatic heterocycles.